The first-order valence-corrected chi connectivity index (χ1v) is 8.90. The maximum absolute atomic E-state index is 12.0. The van der Waals surface area contributed by atoms with Crippen molar-refractivity contribution >= 4 is 11.7 Å². The van der Waals surface area contributed by atoms with Gasteiger partial charge in [0.15, 0.2) is 5.82 Å². The van der Waals surface area contributed by atoms with Crippen molar-refractivity contribution in [1.82, 2.24) is 24.6 Å². The molecule has 0 radical (unpaired) electrons. The minimum absolute atomic E-state index is 0.254. The van der Waals surface area contributed by atoms with E-state index >= 15 is 0 Å². The molecule has 1 saturated heterocycles. The first-order valence-electron chi connectivity index (χ1n) is 8.90. The van der Waals surface area contributed by atoms with Gasteiger partial charge < -0.3 is 9.80 Å². The highest BCUT2D eigenvalue weighted by molar-refractivity contribution is 5.76. The molecule has 0 aliphatic carbocycles. The maximum Gasteiger partial charge on any atom is 0.222 e. The number of rotatable bonds is 4. The van der Waals surface area contributed by atoms with Crippen molar-refractivity contribution in [1.29, 1.82) is 0 Å². The third-order valence-electron chi connectivity index (χ3n) is 4.46. The lowest BCUT2D eigenvalue weighted by atomic mass is 10.2. The van der Waals surface area contributed by atoms with Crippen LogP contribution in [0.25, 0.3) is 5.82 Å². The van der Waals surface area contributed by atoms with E-state index in [-0.39, 0.29) is 5.91 Å². The molecular formula is C18H26N6O. The fraction of sp³-hybridized carbons (Fsp3) is 0.556. The Hall–Kier alpha value is -2.44. The molecule has 0 N–H and O–H groups in total. The summed E-state index contributed by atoms with van der Waals surface area (Å²) >= 11 is 0. The van der Waals surface area contributed by atoms with E-state index < -0.39 is 0 Å². The second kappa shape index (κ2) is 7.21. The van der Waals surface area contributed by atoms with E-state index in [0.29, 0.717) is 6.42 Å². The van der Waals surface area contributed by atoms with Crippen LogP contribution in [0.2, 0.25) is 0 Å². The number of amides is 1. The summed E-state index contributed by atoms with van der Waals surface area (Å²) in [6.45, 7) is 11.0. The number of aromatic nitrogens is 4. The molecule has 1 fully saturated rings. The predicted molar refractivity (Wildman–Crippen MR) is 97.1 cm³/mol. The van der Waals surface area contributed by atoms with Gasteiger partial charge in [0.2, 0.25) is 5.91 Å². The van der Waals surface area contributed by atoms with Crippen molar-refractivity contribution in [2.45, 2.75) is 40.5 Å². The Balaban J connectivity index is 1.78. The molecule has 1 aliphatic heterocycles. The SMILES string of the molecule is CCCC(=O)N1CCN(c2cc(-n3nc(C)cc3C)nc(C)n2)CC1. The molecule has 0 atom stereocenters. The molecule has 0 saturated carbocycles. The van der Waals surface area contributed by atoms with Crippen LogP contribution in [0.1, 0.15) is 37.0 Å². The lowest BCUT2D eigenvalue weighted by Crippen LogP contribution is -2.49. The summed E-state index contributed by atoms with van der Waals surface area (Å²) in [6, 6.07) is 4.02. The summed E-state index contributed by atoms with van der Waals surface area (Å²) in [6.07, 6.45) is 1.53. The second-order valence-corrected chi connectivity index (χ2v) is 6.59. The van der Waals surface area contributed by atoms with Crippen LogP contribution in [0.15, 0.2) is 12.1 Å². The number of nitrogens with zero attached hydrogens (tertiary/aromatic N) is 6. The fourth-order valence-electron chi connectivity index (χ4n) is 3.22. The highest BCUT2D eigenvalue weighted by Crippen LogP contribution is 2.19. The van der Waals surface area contributed by atoms with Gasteiger partial charge >= 0.3 is 0 Å². The minimum Gasteiger partial charge on any atom is -0.353 e. The van der Waals surface area contributed by atoms with Gasteiger partial charge in [-0.15, -0.1) is 0 Å². The molecule has 0 spiro atoms. The predicted octanol–water partition coefficient (Wildman–Crippen LogP) is 2.04. The molecule has 25 heavy (non-hydrogen) atoms. The van der Waals surface area contributed by atoms with Crippen LogP contribution >= 0.6 is 0 Å². The highest BCUT2D eigenvalue weighted by atomic mass is 16.2. The zero-order chi connectivity index (χ0) is 18.0. The normalized spacial score (nSPS) is 14.9. The lowest BCUT2D eigenvalue weighted by molar-refractivity contribution is -0.131. The Morgan fingerprint density at radius 2 is 1.72 bits per heavy atom. The summed E-state index contributed by atoms with van der Waals surface area (Å²) in [7, 11) is 0. The monoisotopic (exact) mass is 342 g/mol. The van der Waals surface area contributed by atoms with Gasteiger partial charge in [-0.05, 0) is 33.3 Å². The van der Waals surface area contributed by atoms with Gasteiger partial charge in [-0.2, -0.15) is 5.10 Å². The Bertz CT molecular complexity index is 761. The van der Waals surface area contributed by atoms with E-state index in [4.69, 9.17) is 0 Å². The van der Waals surface area contributed by atoms with E-state index in [0.717, 1.165) is 61.4 Å². The zero-order valence-corrected chi connectivity index (χ0v) is 15.5. The molecule has 7 nitrogen and oxygen atoms in total. The van der Waals surface area contributed by atoms with Crippen LogP contribution < -0.4 is 4.90 Å². The van der Waals surface area contributed by atoms with E-state index in [1.807, 2.05) is 49.4 Å². The Morgan fingerprint density at radius 1 is 1.04 bits per heavy atom. The molecule has 2 aromatic heterocycles. The topological polar surface area (TPSA) is 67.2 Å². The quantitative estimate of drug-likeness (QED) is 0.850. The average Bonchev–Trinajstić information content (AvgIpc) is 2.93. The van der Waals surface area contributed by atoms with Crippen molar-refractivity contribution in [2.75, 3.05) is 31.1 Å². The van der Waals surface area contributed by atoms with Crippen LogP contribution in [-0.2, 0) is 4.79 Å². The molecule has 134 valence electrons. The van der Waals surface area contributed by atoms with Crippen molar-refractivity contribution in [3.8, 4) is 5.82 Å². The maximum atomic E-state index is 12.0. The van der Waals surface area contributed by atoms with Crippen molar-refractivity contribution in [2.24, 2.45) is 0 Å². The molecule has 3 heterocycles. The third kappa shape index (κ3) is 3.81. The van der Waals surface area contributed by atoms with Crippen LogP contribution in [0.5, 0.6) is 0 Å². The highest BCUT2D eigenvalue weighted by Gasteiger charge is 2.22. The standard InChI is InChI=1S/C18H26N6O/c1-5-6-18(25)23-9-7-22(8-10-23)16-12-17(20-15(4)19-16)24-14(3)11-13(2)21-24/h11-12H,5-10H2,1-4H3. The summed E-state index contributed by atoms with van der Waals surface area (Å²) in [4.78, 5) is 25.4. The molecule has 0 bridgehead atoms. The lowest BCUT2D eigenvalue weighted by Gasteiger charge is -2.35. The van der Waals surface area contributed by atoms with Crippen LogP contribution in [0.3, 0.4) is 0 Å². The number of aryl methyl sites for hydroxylation is 3. The largest absolute Gasteiger partial charge is 0.353 e. The molecule has 1 aliphatic rings. The van der Waals surface area contributed by atoms with Crippen molar-refractivity contribution < 1.29 is 4.79 Å². The van der Waals surface area contributed by atoms with Gasteiger partial charge in [0.1, 0.15) is 11.6 Å². The summed E-state index contributed by atoms with van der Waals surface area (Å²) in [5, 5.41) is 4.52. The number of carbonyl (C=O) groups excluding carboxylic acids is 1. The van der Waals surface area contributed by atoms with Gasteiger partial charge in [0, 0.05) is 44.4 Å². The fourth-order valence-corrected chi connectivity index (χ4v) is 3.22. The van der Waals surface area contributed by atoms with Gasteiger partial charge in [0.25, 0.3) is 0 Å². The molecule has 7 heteroatoms. The van der Waals surface area contributed by atoms with E-state index in [1.165, 1.54) is 0 Å². The van der Waals surface area contributed by atoms with Gasteiger partial charge in [-0.1, -0.05) is 6.92 Å². The van der Waals surface area contributed by atoms with E-state index in [9.17, 15) is 4.79 Å². The molecule has 1 amide bonds. The van der Waals surface area contributed by atoms with Gasteiger partial charge in [0.05, 0.1) is 5.69 Å². The Labute approximate surface area is 148 Å². The minimum atomic E-state index is 0.254. The van der Waals surface area contributed by atoms with E-state index in [2.05, 4.69) is 20.0 Å². The summed E-state index contributed by atoms with van der Waals surface area (Å²) < 4.78 is 1.86. The average molecular weight is 342 g/mol. The molecule has 2 aromatic rings. The number of carbonyl (C=O) groups is 1. The van der Waals surface area contributed by atoms with Crippen LogP contribution in [-0.4, -0.2) is 56.7 Å². The van der Waals surface area contributed by atoms with Crippen molar-refractivity contribution in [3.63, 3.8) is 0 Å². The summed E-state index contributed by atoms with van der Waals surface area (Å²) in [5.41, 5.74) is 2.02. The molecule has 0 unspecified atom stereocenters. The Morgan fingerprint density at radius 3 is 2.32 bits per heavy atom. The smallest absolute Gasteiger partial charge is 0.222 e. The molecular weight excluding hydrogens is 316 g/mol. The van der Waals surface area contributed by atoms with Gasteiger partial charge in [-0.3, -0.25) is 4.79 Å². The number of piperazine rings is 1. The third-order valence-corrected chi connectivity index (χ3v) is 4.46. The summed E-state index contributed by atoms with van der Waals surface area (Å²) in [5.74, 6) is 2.67. The van der Waals surface area contributed by atoms with Crippen molar-refractivity contribution in [3.05, 3.63) is 29.3 Å². The first-order chi connectivity index (χ1) is 12.0. The van der Waals surface area contributed by atoms with Gasteiger partial charge in [-0.25, -0.2) is 14.6 Å². The molecule has 0 aromatic carbocycles. The zero-order valence-electron chi connectivity index (χ0n) is 15.5. The number of hydrogen-bond acceptors (Lipinski definition) is 5. The number of anilines is 1. The molecule has 3 rings (SSSR count). The van der Waals surface area contributed by atoms with Crippen LogP contribution in [0.4, 0.5) is 5.82 Å². The van der Waals surface area contributed by atoms with Crippen LogP contribution in [0, 0.1) is 20.8 Å². The first kappa shape index (κ1) is 17.4. The Kier molecular flexibility index (Phi) is 5.01. The number of hydrogen-bond donors (Lipinski definition) is 0. The van der Waals surface area contributed by atoms with E-state index in [1.54, 1.807) is 0 Å². The second-order valence-electron chi connectivity index (χ2n) is 6.59.